The summed E-state index contributed by atoms with van der Waals surface area (Å²) in [6.07, 6.45) is 2.47. The highest BCUT2D eigenvalue weighted by Gasteiger charge is 2.10. The van der Waals surface area contributed by atoms with Gasteiger partial charge >= 0.3 is 0 Å². The predicted molar refractivity (Wildman–Crippen MR) is 54.8 cm³/mol. The first-order chi connectivity index (χ1) is 5.60. The molecule has 0 aliphatic carbocycles. The predicted octanol–water partition coefficient (Wildman–Crippen LogP) is 1.59. The highest BCUT2D eigenvalue weighted by molar-refractivity contribution is 4.64. The maximum Gasteiger partial charge on any atom is -0.00514 e. The van der Waals surface area contributed by atoms with E-state index in [9.17, 15) is 0 Å². The lowest BCUT2D eigenvalue weighted by molar-refractivity contribution is 0.350. The molecule has 0 saturated carbocycles. The van der Waals surface area contributed by atoms with Gasteiger partial charge in [0.25, 0.3) is 0 Å². The van der Waals surface area contributed by atoms with E-state index in [4.69, 9.17) is 11.5 Å². The first-order valence-corrected chi connectivity index (χ1v) is 5.00. The van der Waals surface area contributed by atoms with E-state index in [0.29, 0.717) is 11.8 Å². The molecule has 0 fully saturated rings. The molecule has 0 heterocycles. The molecule has 12 heavy (non-hydrogen) atoms. The van der Waals surface area contributed by atoms with Crippen LogP contribution in [0.15, 0.2) is 0 Å². The third-order valence-corrected chi connectivity index (χ3v) is 2.41. The Kier molecular flexibility index (Phi) is 6.39. The SMILES string of the molecule is CC(CN)CC(C)CC(C)CN. The Hall–Kier alpha value is -0.0800. The number of hydrogen-bond donors (Lipinski definition) is 2. The van der Waals surface area contributed by atoms with Crippen LogP contribution in [0.4, 0.5) is 0 Å². The Balaban J connectivity index is 3.51. The van der Waals surface area contributed by atoms with Gasteiger partial charge < -0.3 is 11.5 Å². The van der Waals surface area contributed by atoms with Crippen LogP contribution in [0.5, 0.6) is 0 Å². The van der Waals surface area contributed by atoms with Crippen molar-refractivity contribution in [3.63, 3.8) is 0 Å². The van der Waals surface area contributed by atoms with Crippen LogP contribution in [0, 0.1) is 17.8 Å². The van der Waals surface area contributed by atoms with Crippen molar-refractivity contribution in [1.29, 1.82) is 0 Å². The second-order valence-electron chi connectivity index (χ2n) is 4.26. The quantitative estimate of drug-likeness (QED) is 0.639. The van der Waals surface area contributed by atoms with Crippen molar-refractivity contribution in [3.8, 4) is 0 Å². The average molecular weight is 172 g/mol. The zero-order valence-corrected chi connectivity index (χ0v) is 8.72. The van der Waals surface area contributed by atoms with Crippen LogP contribution in [-0.4, -0.2) is 13.1 Å². The van der Waals surface area contributed by atoms with Gasteiger partial charge in [-0.15, -0.1) is 0 Å². The normalized spacial score (nSPS) is 18.8. The topological polar surface area (TPSA) is 52.0 Å². The van der Waals surface area contributed by atoms with Gasteiger partial charge in [0, 0.05) is 0 Å². The summed E-state index contributed by atoms with van der Waals surface area (Å²) in [4.78, 5) is 0. The van der Waals surface area contributed by atoms with Gasteiger partial charge in [-0.25, -0.2) is 0 Å². The van der Waals surface area contributed by atoms with Crippen LogP contribution >= 0.6 is 0 Å². The van der Waals surface area contributed by atoms with Gasteiger partial charge in [-0.05, 0) is 43.7 Å². The minimum absolute atomic E-state index is 0.657. The molecule has 2 unspecified atom stereocenters. The van der Waals surface area contributed by atoms with Crippen molar-refractivity contribution in [2.45, 2.75) is 33.6 Å². The summed E-state index contributed by atoms with van der Waals surface area (Å²) in [5.74, 6) is 2.08. The Labute approximate surface area is 76.7 Å². The molecule has 0 aliphatic rings. The summed E-state index contributed by atoms with van der Waals surface area (Å²) in [7, 11) is 0. The van der Waals surface area contributed by atoms with E-state index in [0.717, 1.165) is 19.0 Å². The first-order valence-electron chi connectivity index (χ1n) is 5.00. The van der Waals surface area contributed by atoms with E-state index in [1.54, 1.807) is 0 Å². The molecule has 4 N–H and O–H groups in total. The number of nitrogens with two attached hydrogens (primary N) is 2. The van der Waals surface area contributed by atoms with Crippen molar-refractivity contribution in [2.75, 3.05) is 13.1 Å². The molecule has 0 saturated heterocycles. The lowest BCUT2D eigenvalue weighted by atomic mass is 9.90. The third-order valence-electron chi connectivity index (χ3n) is 2.41. The number of rotatable bonds is 6. The Morgan fingerprint density at radius 3 is 1.33 bits per heavy atom. The minimum Gasteiger partial charge on any atom is -0.330 e. The molecule has 0 rings (SSSR count). The summed E-state index contributed by atoms with van der Waals surface area (Å²) in [6, 6.07) is 0. The second kappa shape index (κ2) is 6.44. The molecule has 0 aromatic heterocycles. The number of hydrogen-bond acceptors (Lipinski definition) is 2. The van der Waals surface area contributed by atoms with Gasteiger partial charge in [0.2, 0.25) is 0 Å². The smallest absolute Gasteiger partial charge is 0.00514 e. The van der Waals surface area contributed by atoms with Gasteiger partial charge in [0.1, 0.15) is 0 Å². The zero-order chi connectivity index (χ0) is 9.56. The molecule has 2 atom stereocenters. The fourth-order valence-electron chi connectivity index (χ4n) is 1.66. The Bertz CT molecular complexity index is 92.0. The highest BCUT2D eigenvalue weighted by atomic mass is 14.5. The van der Waals surface area contributed by atoms with Crippen molar-refractivity contribution in [1.82, 2.24) is 0 Å². The highest BCUT2D eigenvalue weighted by Crippen LogP contribution is 2.18. The molecule has 2 nitrogen and oxygen atoms in total. The summed E-state index contributed by atoms with van der Waals surface area (Å²) in [5, 5.41) is 0. The zero-order valence-electron chi connectivity index (χ0n) is 8.72. The maximum atomic E-state index is 5.56. The standard InChI is InChI=1S/C10H24N2/c1-8(4-9(2)6-11)5-10(3)7-12/h8-10H,4-7,11-12H2,1-3H3. The van der Waals surface area contributed by atoms with Crippen molar-refractivity contribution in [2.24, 2.45) is 29.2 Å². The van der Waals surface area contributed by atoms with Gasteiger partial charge in [-0.1, -0.05) is 20.8 Å². The Morgan fingerprint density at radius 1 is 0.750 bits per heavy atom. The van der Waals surface area contributed by atoms with Crippen LogP contribution in [0.1, 0.15) is 33.6 Å². The van der Waals surface area contributed by atoms with Crippen molar-refractivity contribution in [3.05, 3.63) is 0 Å². The summed E-state index contributed by atoms with van der Waals surface area (Å²) >= 11 is 0. The van der Waals surface area contributed by atoms with E-state index < -0.39 is 0 Å². The average Bonchev–Trinajstić information content (AvgIpc) is 2.03. The largest absolute Gasteiger partial charge is 0.330 e. The molecule has 0 aromatic carbocycles. The van der Waals surface area contributed by atoms with Crippen LogP contribution in [0.2, 0.25) is 0 Å². The molecule has 74 valence electrons. The second-order valence-corrected chi connectivity index (χ2v) is 4.26. The molecule has 0 spiro atoms. The minimum atomic E-state index is 0.657. The molecular weight excluding hydrogens is 148 g/mol. The fourth-order valence-corrected chi connectivity index (χ4v) is 1.66. The van der Waals surface area contributed by atoms with Gasteiger partial charge in [-0.3, -0.25) is 0 Å². The molecule has 0 bridgehead atoms. The van der Waals surface area contributed by atoms with Gasteiger partial charge in [-0.2, -0.15) is 0 Å². The third kappa shape index (κ3) is 5.56. The van der Waals surface area contributed by atoms with E-state index in [1.165, 1.54) is 12.8 Å². The van der Waals surface area contributed by atoms with Crippen LogP contribution in [0.25, 0.3) is 0 Å². The summed E-state index contributed by atoms with van der Waals surface area (Å²) in [5.41, 5.74) is 11.1. The lowest BCUT2D eigenvalue weighted by Crippen LogP contribution is -2.18. The first kappa shape index (κ1) is 11.9. The molecule has 0 amide bonds. The van der Waals surface area contributed by atoms with Crippen LogP contribution in [-0.2, 0) is 0 Å². The van der Waals surface area contributed by atoms with E-state index in [2.05, 4.69) is 20.8 Å². The van der Waals surface area contributed by atoms with E-state index in [-0.39, 0.29) is 0 Å². The molecule has 0 aliphatic heterocycles. The molecule has 2 heteroatoms. The summed E-state index contributed by atoms with van der Waals surface area (Å²) in [6.45, 7) is 8.33. The molecule has 0 radical (unpaired) electrons. The molecular formula is C10H24N2. The monoisotopic (exact) mass is 172 g/mol. The maximum absolute atomic E-state index is 5.56. The molecule has 0 aromatic rings. The Morgan fingerprint density at radius 2 is 1.08 bits per heavy atom. The van der Waals surface area contributed by atoms with Crippen LogP contribution < -0.4 is 11.5 Å². The van der Waals surface area contributed by atoms with Crippen LogP contribution in [0.3, 0.4) is 0 Å². The van der Waals surface area contributed by atoms with E-state index >= 15 is 0 Å². The van der Waals surface area contributed by atoms with Crippen molar-refractivity contribution < 1.29 is 0 Å². The van der Waals surface area contributed by atoms with Crippen molar-refractivity contribution >= 4 is 0 Å². The summed E-state index contributed by atoms with van der Waals surface area (Å²) < 4.78 is 0. The van der Waals surface area contributed by atoms with Gasteiger partial charge in [0.05, 0.1) is 0 Å². The van der Waals surface area contributed by atoms with E-state index in [1.807, 2.05) is 0 Å². The fraction of sp³-hybridized carbons (Fsp3) is 1.00. The lowest BCUT2D eigenvalue weighted by Gasteiger charge is -2.18. The van der Waals surface area contributed by atoms with Gasteiger partial charge in [0.15, 0.2) is 0 Å².